The van der Waals surface area contributed by atoms with Crippen LogP contribution in [0.15, 0.2) is 46.5 Å². The van der Waals surface area contributed by atoms with Gasteiger partial charge in [-0.3, -0.25) is 5.43 Å². The first-order chi connectivity index (χ1) is 12.5. The molecular weight excluding hydrogens is 395 g/mol. The van der Waals surface area contributed by atoms with E-state index < -0.39 is 10.0 Å². The highest BCUT2D eigenvalue weighted by molar-refractivity contribution is 7.89. The van der Waals surface area contributed by atoms with Crippen molar-refractivity contribution in [2.45, 2.75) is 24.2 Å². The van der Waals surface area contributed by atoms with Gasteiger partial charge in [0.1, 0.15) is 10.7 Å². The van der Waals surface area contributed by atoms with E-state index in [0.717, 1.165) is 19.3 Å². The van der Waals surface area contributed by atoms with Crippen LogP contribution >= 0.6 is 23.2 Å². The van der Waals surface area contributed by atoms with Gasteiger partial charge in [-0.2, -0.15) is 9.41 Å². The van der Waals surface area contributed by atoms with Gasteiger partial charge in [0.15, 0.2) is 0 Å². The number of halogens is 2. The number of nitrogens with zero attached hydrogens (tertiary/aromatic N) is 3. The molecule has 0 saturated carbocycles. The van der Waals surface area contributed by atoms with E-state index >= 15 is 0 Å². The van der Waals surface area contributed by atoms with Crippen LogP contribution < -0.4 is 5.43 Å². The molecule has 2 heterocycles. The first kappa shape index (κ1) is 19.1. The number of hydrogen-bond acceptors (Lipinski definition) is 5. The molecule has 2 aromatic rings. The largest absolute Gasteiger partial charge is 0.261 e. The Hall–Kier alpha value is -1.67. The number of anilines is 1. The Balaban J connectivity index is 1.66. The predicted octanol–water partition coefficient (Wildman–Crippen LogP) is 4.01. The Kier molecular flexibility index (Phi) is 6.13. The lowest BCUT2D eigenvalue weighted by molar-refractivity contribution is 0.346. The van der Waals surface area contributed by atoms with E-state index in [0.29, 0.717) is 34.5 Å². The molecule has 1 saturated heterocycles. The molecule has 0 unspecified atom stereocenters. The molecule has 0 bridgehead atoms. The zero-order valence-electron chi connectivity index (χ0n) is 13.9. The van der Waals surface area contributed by atoms with Crippen LogP contribution in [0.1, 0.15) is 24.8 Å². The molecule has 1 aliphatic heterocycles. The third-order valence-corrected chi connectivity index (χ3v) is 6.48. The molecule has 0 amide bonds. The second-order valence-electron chi connectivity index (χ2n) is 5.88. The van der Waals surface area contributed by atoms with E-state index in [9.17, 15) is 8.42 Å². The molecule has 1 aromatic heterocycles. The van der Waals surface area contributed by atoms with Crippen LogP contribution in [0.4, 0.5) is 5.82 Å². The van der Waals surface area contributed by atoms with Gasteiger partial charge in [-0.05, 0) is 37.1 Å². The van der Waals surface area contributed by atoms with Gasteiger partial charge in [0, 0.05) is 29.9 Å². The maximum Gasteiger partial charge on any atom is 0.244 e. The maximum absolute atomic E-state index is 12.6. The molecule has 138 valence electrons. The molecule has 0 spiro atoms. The second-order valence-corrected chi connectivity index (χ2v) is 8.66. The molecule has 1 aliphatic rings. The van der Waals surface area contributed by atoms with E-state index in [-0.39, 0.29) is 4.90 Å². The number of sulfonamides is 1. The van der Waals surface area contributed by atoms with Crippen molar-refractivity contribution in [1.29, 1.82) is 0 Å². The Morgan fingerprint density at radius 2 is 1.88 bits per heavy atom. The Morgan fingerprint density at radius 3 is 2.54 bits per heavy atom. The second kappa shape index (κ2) is 8.35. The number of piperidine rings is 1. The fraction of sp³-hybridized carbons (Fsp3) is 0.294. The van der Waals surface area contributed by atoms with E-state index in [1.54, 1.807) is 30.5 Å². The van der Waals surface area contributed by atoms with Gasteiger partial charge < -0.3 is 0 Å². The first-order valence-electron chi connectivity index (χ1n) is 8.17. The van der Waals surface area contributed by atoms with Crippen molar-refractivity contribution in [3.8, 4) is 0 Å². The molecule has 9 heteroatoms. The van der Waals surface area contributed by atoms with Crippen molar-refractivity contribution < 1.29 is 8.42 Å². The average Bonchev–Trinajstić information content (AvgIpc) is 2.65. The summed E-state index contributed by atoms with van der Waals surface area (Å²) in [6.45, 7) is 1.13. The average molecular weight is 413 g/mol. The molecule has 3 rings (SSSR count). The number of hydrazone groups is 1. The Bertz CT molecular complexity index is 895. The third-order valence-electron chi connectivity index (χ3n) is 4.03. The van der Waals surface area contributed by atoms with Gasteiger partial charge in [0.25, 0.3) is 0 Å². The molecule has 1 aromatic carbocycles. The molecule has 1 fully saturated rings. The number of pyridine rings is 1. The Labute approximate surface area is 162 Å². The summed E-state index contributed by atoms with van der Waals surface area (Å²) in [5, 5.41) is 5.09. The van der Waals surface area contributed by atoms with Crippen LogP contribution in [0.5, 0.6) is 0 Å². The lowest BCUT2D eigenvalue weighted by Gasteiger charge is -2.25. The summed E-state index contributed by atoms with van der Waals surface area (Å²) >= 11 is 11.9. The van der Waals surface area contributed by atoms with Crippen molar-refractivity contribution in [3.63, 3.8) is 0 Å². The summed E-state index contributed by atoms with van der Waals surface area (Å²) in [4.78, 5) is 4.31. The van der Waals surface area contributed by atoms with E-state index in [4.69, 9.17) is 23.2 Å². The van der Waals surface area contributed by atoms with Crippen molar-refractivity contribution in [2.75, 3.05) is 18.5 Å². The fourth-order valence-electron chi connectivity index (χ4n) is 2.63. The highest BCUT2D eigenvalue weighted by atomic mass is 35.5. The summed E-state index contributed by atoms with van der Waals surface area (Å²) < 4.78 is 26.7. The smallest absolute Gasteiger partial charge is 0.244 e. The maximum atomic E-state index is 12.6. The standard InChI is InChI=1S/C17H18Cl2N4O2S/c18-14-5-4-13(16(19)10-14)11-21-22-17-7-6-15(12-20-17)26(24,25)23-8-2-1-3-9-23/h4-7,10-12H,1-3,8-9H2,(H,20,22)/b21-11+. The Morgan fingerprint density at radius 1 is 1.12 bits per heavy atom. The lowest BCUT2D eigenvalue weighted by atomic mass is 10.2. The van der Waals surface area contributed by atoms with Crippen LogP contribution in [-0.4, -0.2) is 37.0 Å². The van der Waals surface area contributed by atoms with E-state index in [1.807, 2.05) is 0 Å². The van der Waals surface area contributed by atoms with Crippen LogP contribution in [0.3, 0.4) is 0 Å². The zero-order valence-corrected chi connectivity index (χ0v) is 16.2. The van der Waals surface area contributed by atoms with Crippen LogP contribution in [-0.2, 0) is 10.0 Å². The minimum atomic E-state index is -3.48. The SMILES string of the molecule is O=S(=O)(c1ccc(N/N=C/c2ccc(Cl)cc2Cl)nc1)N1CCCCC1. The molecular formula is C17H18Cl2N4O2S. The monoisotopic (exact) mass is 412 g/mol. The van der Waals surface area contributed by atoms with Crippen molar-refractivity contribution >= 4 is 45.3 Å². The molecule has 0 aliphatic carbocycles. The van der Waals surface area contributed by atoms with E-state index in [1.165, 1.54) is 16.6 Å². The lowest BCUT2D eigenvalue weighted by Crippen LogP contribution is -2.35. The van der Waals surface area contributed by atoms with E-state index in [2.05, 4.69) is 15.5 Å². The highest BCUT2D eigenvalue weighted by Crippen LogP contribution is 2.21. The van der Waals surface area contributed by atoms with Gasteiger partial charge >= 0.3 is 0 Å². The topological polar surface area (TPSA) is 74.7 Å². The number of rotatable bonds is 5. The minimum absolute atomic E-state index is 0.190. The zero-order chi connectivity index (χ0) is 18.6. The first-order valence-corrected chi connectivity index (χ1v) is 10.4. The number of hydrogen-bond donors (Lipinski definition) is 1. The van der Waals surface area contributed by atoms with Crippen molar-refractivity contribution in [1.82, 2.24) is 9.29 Å². The predicted molar refractivity (Wildman–Crippen MR) is 105 cm³/mol. The summed E-state index contributed by atoms with van der Waals surface area (Å²) in [6.07, 6.45) is 5.75. The van der Waals surface area contributed by atoms with Crippen LogP contribution in [0, 0.1) is 0 Å². The number of nitrogens with one attached hydrogen (secondary N) is 1. The summed E-state index contributed by atoms with van der Waals surface area (Å²) in [7, 11) is -3.48. The molecule has 6 nitrogen and oxygen atoms in total. The normalized spacial score (nSPS) is 16.1. The van der Waals surface area contributed by atoms with Crippen molar-refractivity contribution in [2.24, 2.45) is 5.10 Å². The molecule has 0 atom stereocenters. The summed E-state index contributed by atoms with van der Waals surface area (Å²) in [6, 6.07) is 8.20. The van der Waals surface area contributed by atoms with Crippen LogP contribution in [0.2, 0.25) is 10.0 Å². The minimum Gasteiger partial charge on any atom is -0.261 e. The molecule has 26 heavy (non-hydrogen) atoms. The fourth-order valence-corrected chi connectivity index (χ4v) is 4.55. The van der Waals surface area contributed by atoms with Gasteiger partial charge in [-0.1, -0.05) is 35.7 Å². The molecule has 0 radical (unpaired) electrons. The number of benzene rings is 1. The van der Waals surface area contributed by atoms with Gasteiger partial charge in [-0.25, -0.2) is 13.4 Å². The molecule has 1 N–H and O–H groups in total. The van der Waals surface area contributed by atoms with Gasteiger partial charge in [0.05, 0.1) is 11.2 Å². The van der Waals surface area contributed by atoms with Gasteiger partial charge in [-0.15, -0.1) is 0 Å². The summed E-state index contributed by atoms with van der Waals surface area (Å²) in [5.74, 6) is 0.434. The summed E-state index contributed by atoms with van der Waals surface area (Å²) in [5.41, 5.74) is 3.45. The quantitative estimate of drug-likeness (QED) is 0.594. The van der Waals surface area contributed by atoms with Gasteiger partial charge in [0.2, 0.25) is 10.0 Å². The number of aromatic nitrogens is 1. The third kappa shape index (κ3) is 4.54. The van der Waals surface area contributed by atoms with Crippen molar-refractivity contribution in [3.05, 3.63) is 52.1 Å². The highest BCUT2D eigenvalue weighted by Gasteiger charge is 2.26. The van der Waals surface area contributed by atoms with Crippen LogP contribution in [0.25, 0.3) is 0 Å².